The van der Waals surface area contributed by atoms with Crippen molar-refractivity contribution in [2.24, 2.45) is 40.4 Å². The van der Waals surface area contributed by atoms with Crippen molar-refractivity contribution in [1.82, 2.24) is 0 Å². The second-order valence-corrected chi connectivity index (χ2v) is 9.73. The van der Waals surface area contributed by atoms with Crippen LogP contribution in [0.3, 0.4) is 0 Å². The van der Waals surface area contributed by atoms with E-state index in [0.29, 0.717) is 18.6 Å². The average Bonchev–Trinajstić information content (AvgIpc) is 2.63. The van der Waals surface area contributed by atoms with Crippen molar-refractivity contribution in [2.45, 2.75) is 58.8 Å². The highest BCUT2D eigenvalue weighted by Crippen LogP contribution is 2.68. The fourth-order valence-electron chi connectivity index (χ4n) is 7.54. The Morgan fingerprint density at radius 3 is 2.46 bits per heavy atom. The first kappa shape index (κ1) is 19.9. The van der Waals surface area contributed by atoms with Crippen LogP contribution >= 0.6 is 0 Å². The molecule has 0 unspecified atom stereocenters. The van der Waals surface area contributed by atoms with Crippen LogP contribution in [0.15, 0.2) is 11.8 Å². The normalized spacial score (nSPS) is 52.9. The number of Topliss-reactive ketones (excluding diaryl/α,β-unsaturated/α-hetero) is 1. The van der Waals surface area contributed by atoms with E-state index >= 15 is 0 Å². The van der Waals surface area contributed by atoms with Gasteiger partial charge in [0, 0.05) is 30.3 Å². The molecule has 0 amide bonds. The van der Waals surface area contributed by atoms with E-state index < -0.39 is 23.0 Å². The Morgan fingerprint density at radius 1 is 1.18 bits per heavy atom. The second-order valence-electron chi connectivity index (χ2n) is 9.73. The smallest absolute Gasteiger partial charge is 0.306 e. The van der Waals surface area contributed by atoms with E-state index in [9.17, 15) is 14.7 Å². The van der Waals surface area contributed by atoms with Crippen LogP contribution in [-0.2, 0) is 23.8 Å². The number of methoxy groups -OCH3 is 2. The van der Waals surface area contributed by atoms with Crippen LogP contribution in [0.1, 0.15) is 40.5 Å². The molecular weight excluding hydrogens is 360 g/mol. The molecule has 10 atom stereocenters. The fourth-order valence-corrected chi connectivity index (χ4v) is 7.54. The summed E-state index contributed by atoms with van der Waals surface area (Å²) >= 11 is 0. The Hall–Kier alpha value is -1.40. The van der Waals surface area contributed by atoms with Crippen LogP contribution in [-0.4, -0.2) is 49.4 Å². The lowest BCUT2D eigenvalue weighted by Gasteiger charge is -2.68. The zero-order valence-electron chi connectivity index (χ0n) is 17.6. The standard InChI is InChI=1S/C22H32O6/c1-10-7-14(26-5)20(25)22(4)12(10)8-15-21(3)13(9-16(23)28-15)11(2)18(27-6)17(24)19(21)22/h7,10-13,15,17-19,24H,8-9H2,1-6H3/t10-,11-,12+,13+,15-,17-,18+,19+,21-,22+/m1/s1. The molecule has 0 aromatic carbocycles. The molecule has 156 valence electrons. The Labute approximate surface area is 166 Å². The summed E-state index contributed by atoms with van der Waals surface area (Å²) in [4.78, 5) is 26.1. The number of ether oxygens (including phenoxy) is 3. The van der Waals surface area contributed by atoms with E-state index in [-0.39, 0.29) is 47.4 Å². The molecule has 1 aliphatic heterocycles. The van der Waals surface area contributed by atoms with Gasteiger partial charge < -0.3 is 19.3 Å². The highest BCUT2D eigenvalue weighted by Gasteiger charge is 2.73. The largest absolute Gasteiger partial charge is 0.493 e. The van der Waals surface area contributed by atoms with Crippen LogP contribution < -0.4 is 0 Å². The topological polar surface area (TPSA) is 82.1 Å². The van der Waals surface area contributed by atoms with Crippen LogP contribution in [0.25, 0.3) is 0 Å². The van der Waals surface area contributed by atoms with Gasteiger partial charge in [0.2, 0.25) is 5.78 Å². The summed E-state index contributed by atoms with van der Waals surface area (Å²) in [5, 5.41) is 11.5. The van der Waals surface area contributed by atoms with Crippen molar-refractivity contribution in [1.29, 1.82) is 0 Å². The zero-order valence-corrected chi connectivity index (χ0v) is 17.6. The molecule has 0 radical (unpaired) electrons. The lowest BCUT2D eigenvalue weighted by Crippen LogP contribution is -2.73. The highest BCUT2D eigenvalue weighted by molar-refractivity contribution is 5.99. The first-order valence-corrected chi connectivity index (χ1v) is 10.3. The highest BCUT2D eigenvalue weighted by atomic mass is 16.5. The molecule has 2 saturated carbocycles. The van der Waals surface area contributed by atoms with Gasteiger partial charge in [0.15, 0.2) is 5.76 Å². The maximum atomic E-state index is 13.6. The summed E-state index contributed by atoms with van der Waals surface area (Å²) in [6.45, 7) is 8.20. The lowest BCUT2D eigenvalue weighted by atomic mass is 9.38. The molecular formula is C22H32O6. The molecule has 4 aliphatic rings. The van der Waals surface area contributed by atoms with Crippen molar-refractivity contribution >= 4 is 11.8 Å². The van der Waals surface area contributed by atoms with Crippen molar-refractivity contribution in [3.63, 3.8) is 0 Å². The average molecular weight is 392 g/mol. The minimum atomic E-state index is -0.819. The Kier molecular flexibility index (Phi) is 4.47. The van der Waals surface area contributed by atoms with E-state index in [2.05, 4.69) is 13.8 Å². The van der Waals surface area contributed by atoms with E-state index in [0.717, 1.165) is 0 Å². The second kappa shape index (κ2) is 6.30. The van der Waals surface area contributed by atoms with Gasteiger partial charge in [-0.25, -0.2) is 0 Å². The van der Waals surface area contributed by atoms with E-state index in [1.54, 1.807) is 7.11 Å². The minimum Gasteiger partial charge on any atom is -0.493 e. The van der Waals surface area contributed by atoms with Crippen molar-refractivity contribution < 1.29 is 28.9 Å². The quantitative estimate of drug-likeness (QED) is 0.727. The number of hydrogen-bond donors (Lipinski definition) is 1. The Morgan fingerprint density at radius 2 is 1.86 bits per heavy atom. The maximum Gasteiger partial charge on any atom is 0.306 e. The van der Waals surface area contributed by atoms with Crippen LogP contribution in [0.2, 0.25) is 0 Å². The molecule has 0 aromatic heterocycles. The summed E-state index contributed by atoms with van der Waals surface area (Å²) in [6, 6.07) is 0. The van der Waals surface area contributed by atoms with Crippen molar-refractivity contribution in [3.05, 3.63) is 11.8 Å². The van der Waals surface area contributed by atoms with Crippen molar-refractivity contribution in [3.8, 4) is 0 Å². The third-order valence-corrected chi connectivity index (χ3v) is 8.79. The van der Waals surface area contributed by atoms with Gasteiger partial charge in [-0.2, -0.15) is 0 Å². The fraction of sp³-hybridized carbons (Fsp3) is 0.818. The van der Waals surface area contributed by atoms with E-state index in [4.69, 9.17) is 14.2 Å². The lowest BCUT2D eigenvalue weighted by molar-refractivity contribution is -0.280. The molecule has 0 bridgehead atoms. The Balaban J connectivity index is 1.93. The molecule has 1 N–H and O–H groups in total. The number of esters is 1. The zero-order chi connectivity index (χ0) is 20.6. The number of aliphatic hydroxyl groups is 1. The number of rotatable bonds is 2. The number of allylic oxidation sites excluding steroid dienone is 2. The maximum absolute atomic E-state index is 13.6. The van der Waals surface area contributed by atoms with Gasteiger partial charge >= 0.3 is 5.97 Å². The molecule has 1 saturated heterocycles. The summed E-state index contributed by atoms with van der Waals surface area (Å²) in [5.41, 5.74) is -1.29. The molecule has 6 heteroatoms. The van der Waals surface area contributed by atoms with Gasteiger partial charge in [0.25, 0.3) is 0 Å². The monoisotopic (exact) mass is 392 g/mol. The van der Waals surface area contributed by atoms with Gasteiger partial charge in [-0.15, -0.1) is 0 Å². The van der Waals surface area contributed by atoms with Crippen LogP contribution in [0.5, 0.6) is 0 Å². The van der Waals surface area contributed by atoms with E-state index in [1.165, 1.54) is 7.11 Å². The number of hydrogen-bond acceptors (Lipinski definition) is 6. The van der Waals surface area contributed by atoms with Crippen LogP contribution in [0, 0.1) is 40.4 Å². The molecule has 1 heterocycles. The molecule has 3 fully saturated rings. The number of ketones is 1. The number of fused-ring (bicyclic) bond motifs is 2. The third kappa shape index (κ3) is 2.22. The summed E-state index contributed by atoms with van der Waals surface area (Å²) in [7, 11) is 3.12. The van der Waals surface area contributed by atoms with Crippen molar-refractivity contribution in [2.75, 3.05) is 14.2 Å². The molecule has 0 spiro atoms. The molecule has 28 heavy (non-hydrogen) atoms. The van der Waals surface area contributed by atoms with Crippen LogP contribution in [0.4, 0.5) is 0 Å². The molecule has 3 aliphatic carbocycles. The number of carbonyl (C=O) groups is 2. The SMILES string of the molecule is COC1=C[C@@H](C)[C@@H]2C[C@H]3OC(=O)C[C@H]4[C@@H](C)[C@H](OC)[C@@H](O)[C@H]([C@@]2(C)C1=O)[C@@]34C. The predicted octanol–water partition coefficient (Wildman–Crippen LogP) is 2.34. The van der Waals surface area contributed by atoms with Gasteiger partial charge in [0.1, 0.15) is 6.10 Å². The first-order valence-electron chi connectivity index (χ1n) is 10.3. The van der Waals surface area contributed by atoms with Gasteiger partial charge in [-0.05, 0) is 36.2 Å². The Bertz CT molecular complexity index is 731. The minimum absolute atomic E-state index is 0.00474. The summed E-state index contributed by atoms with van der Waals surface area (Å²) < 4.78 is 17.0. The number of aliphatic hydroxyl groups excluding tert-OH is 1. The van der Waals surface area contributed by atoms with Gasteiger partial charge in [0.05, 0.1) is 19.3 Å². The van der Waals surface area contributed by atoms with Gasteiger partial charge in [-0.3, -0.25) is 9.59 Å². The first-order chi connectivity index (χ1) is 13.1. The summed E-state index contributed by atoms with van der Waals surface area (Å²) in [5.74, 6) is -0.213. The van der Waals surface area contributed by atoms with Gasteiger partial charge in [-0.1, -0.05) is 27.7 Å². The molecule has 0 aromatic rings. The molecule has 4 rings (SSSR count). The molecule has 6 nitrogen and oxygen atoms in total. The predicted molar refractivity (Wildman–Crippen MR) is 101 cm³/mol. The van der Waals surface area contributed by atoms with E-state index in [1.807, 2.05) is 19.9 Å². The number of carbonyl (C=O) groups excluding carboxylic acids is 2. The third-order valence-electron chi connectivity index (χ3n) is 8.79. The summed E-state index contributed by atoms with van der Waals surface area (Å²) in [6.07, 6.45) is 1.26.